The van der Waals surface area contributed by atoms with Crippen LogP contribution in [0.3, 0.4) is 0 Å². The molecule has 1 aromatic heterocycles. The van der Waals surface area contributed by atoms with Crippen LogP contribution in [0.4, 0.5) is 5.82 Å². The number of piperidine rings is 1. The third kappa shape index (κ3) is 2.62. The normalized spacial score (nSPS) is 23.8. The number of anilines is 1. The van der Waals surface area contributed by atoms with E-state index >= 15 is 0 Å². The van der Waals surface area contributed by atoms with Crippen LogP contribution in [0.15, 0.2) is 18.3 Å². The van der Waals surface area contributed by atoms with E-state index in [4.69, 9.17) is 5.73 Å². The first-order valence-electron chi connectivity index (χ1n) is 7.65. The summed E-state index contributed by atoms with van der Waals surface area (Å²) in [6.07, 6.45) is 10.4. The van der Waals surface area contributed by atoms with Crippen LogP contribution < -0.4 is 10.6 Å². The summed E-state index contributed by atoms with van der Waals surface area (Å²) >= 11 is 0. The number of hydrogen-bond acceptors (Lipinski definition) is 3. The Morgan fingerprint density at radius 3 is 2.53 bits per heavy atom. The molecular weight excluding hydrogens is 234 g/mol. The molecule has 2 N–H and O–H groups in total. The topological polar surface area (TPSA) is 42.1 Å². The third-order valence-electron chi connectivity index (χ3n) is 5.11. The molecule has 2 aliphatic rings. The van der Waals surface area contributed by atoms with Gasteiger partial charge in [0.2, 0.25) is 0 Å². The Kier molecular flexibility index (Phi) is 3.48. The average molecular weight is 259 g/mol. The third-order valence-corrected chi connectivity index (χ3v) is 5.11. The van der Waals surface area contributed by atoms with E-state index in [1.807, 2.05) is 19.2 Å². The van der Waals surface area contributed by atoms with Gasteiger partial charge in [-0.3, -0.25) is 0 Å². The Balaban J connectivity index is 1.69. The van der Waals surface area contributed by atoms with Gasteiger partial charge in [0.1, 0.15) is 5.82 Å². The fourth-order valence-electron chi connectivity index (χ4n) is 3.73. The van der Waals surface area contributed by atoms with Crippen LogP contribution in [-0.2, 0) is 0 Å². The van der Waals surface area contributed by atoms with Gasteiger partial charge < -0.3 is 10.6 Å². The number of aromatic nitrogens is 1. The smallest absolute Gasteiger partial charge is 0.128 e. The molecule has 0 aromatic carbocycles. The van der Waals surface area contributed by atoms with Crippen LogP contribution in [0.2, 0.25) is 0 Å². The van der Waals surface area contributed by atoms with Crippen molar-refractivity contribution in [3.63, 3.8) is 0 Å². The summed E-state index contributed by atoms with van der Waals surface area (Å²) in [5.74, 6) is 1.11. The first-order chi connectivity index (χ1) is 9.19. The minimum absolute atomic E-state index is 0.0905. The van der Waals surface area contributed by atoms with Crippen LogP contribution in [0.1, 0.15) is 57.1 Å². The molecule has 2 fully saturated rings. The zero-order valence-electron chi connectivity index (χ0n) is 11.9. The van der Waals surface area contributed by atoms with Crippen molar-refractivity contribution in [2.45, 2.75) is 51.5 Å². The van der Waals surface area contributed by atoms with E-state index in [2.05, 4.69) is 16.0 Å². The Morgan fingerprint density at radius 1 is 1.21 bits per heavy atom. The minimum atomic E-state index is 0.0905. The van der Waals surface area contributed by atoms with Gasteiger partial charge in [-0.2, -0.15) is 0 Å². The lowest BCUT2D eigenvalue weighted by atomic mass is 9.77. The lowest BCUT2D eigenvalue weighted by Crippen LogP contribution is -2.39. The summed E-state index contributed by atoms with van der Waals surface area (Å²) in [6.45, 7) is 4.35. The molecule has 1 saturated carbocycles. The van der Waals surface area contributed by atoms with Crippen molar-refractivity contribution in [2.75, 3.05) is 18.0 Å². The van der Waals surface area contributed by atoms with Crippen molar-refractivity contribution in [1.82, 2.24) is 4.98 Å². The number of hydrogen-bond donors (Lipinski definition) is 1. The van der Waals surface area contributed by atoms with E-state index in [9.17, 15) is 0 Å². The van der Waals surface area contributed by atoms with Gasteiger partial charge in [0.15, 0.2) is 0 Å². The van der Waals surface area contributed by atoms with Gasteiger partial charge >= 0.3 is 0 Å². The fraction of sp³-hybridized carbons (Fsp3) is 0.688. The largest absolute Gasteiger partial charge is 0.357 e. The second-order valence-electron chi connectivity index (χ2n) is 6.43. The van der Waals surface area contributed by atoms with Gasteiger partial charge in [0, 0.05) is 25.3 Å². The molecule has 1 saturated heterocycles. The van der Waals surface area contributed by atoms with Crippen molar-refractivity contribution >= 4 is 5.82 Å². The number of nitrogens with zero attached hydrogens (tertiary/aromatic N) is 2. The second kappa shape index (κ2) is 5.12. The van der Waals surface area contributed by atoms with Gasteiger partial charge in [-0.15, -0.1) is 0 Å². The highest BCUT2D eigenvalue weighted by Crippen LogP contribution is 2.46. The molecule has 0 bridgehead atoms. The van der Waals surface area contributed by atoms with Crippen LogP contribution >= 0.6 is 0 Å². The number of nitrogens with two attached hydrogens (primary N) is 1. The minimum Gasteiger partial charge on any atom is -0.357 e. The van der Waals surface area contributed by atoms with Gasteiger partial charge in [-0.1, -0.05) is 12.8 Å². The first kappa shape index (κ1) is 12.9. The van der Waals surface area contributed by atoms with E-state index in [0.717, 1.165) is 18.9 Å². The molecule has 1 aliphatic heterocycles. The highest BCUT2D eigenvalue weighted by atomic mass is 15.2. The quantitative estimate of drug-likeness (QED) is 0.886. The predicted octanol–water partition coefficient (Wildman–Crippen LogP) is 3.26. The van der Waals surface area contributed by atoms with Crippen molar-refractivity contribution in [3.05, 3.63) is 23.9 Å². The monoisotopic (exact) mass is 259 g/mol. The molecule has 0 unspecified atom stereocenters. The zero-order valence-corrected chi connectivity index (χ0v) is 11.9. The molecule has 2 heterocycles. The molecule has 0 amide bonds. The van der Waals surface area contributed by atoms with Crippen molar-refractivity contribution in [3.8, 4) is 0 Å². The summed E-state index contributed by atoms with van der Waals surface area (Å²) < 4.78 is 0. The SMILES string of the molecule is C[C@H](N)c1ccnc(N2CCC3(CCCC3)CC2)c1. The zero-order chi connectivity index (χ0) is 13.3. The second-order valence-corrected chi connectivity index (χ2v) is 6.43. The van der Waals surface area contributed by atoms with E-state index in [-0.39, 0.29) is 6.04 Å². The summed E-state index contributed by atoms with van der Waals surface area (Å²) in [5, 5.41) is 0. The molecule has 3 nitrogen and oxygen atoms in total. The number of pyridine rings is 1. The van der Waals surface area contributed by atoms with E-state index < -0.39 is 0 Å². The van der Waals surface area contributed by atoms with E-state index in [1.54, 1.807) is 0 Å². The van der Waals surface area contributed by atoms with Crippen molar-refractivity contribution in [2.24, 2.45) is 11.1 Å². The number of rotatable bonds is 2. The van der Waals surface area contributed by atoms with Crippen LogP contribution in [0.25, 0.3) is 0 Å². The molecule has 3 rings (SSSR count). The molecule has 104 valence electrons. The molecule has 0 radical (unpaired) electrons. The summed E-state index contributed by atoms with van der Waals surface area (Å²) in [5.41, 5.74) is 7.82. The lowest BCUT2D eigenvalue weighted by Gasteiger charge is -2.40. The predicted molar refractivity (Wildman–Crippen MR) is 79.2 cm³/mol. The average Bonchev–Trinajstić information content (AvgIpc) is 2.88. The van der Waals surface area contributed by atoms with Gasteiger partial charge in [-0.05, 0) is 55.7 Å². The Morgan fingerprint density at radius 2 is 1.89 bits per heavy atom. The first-order valence-corrected chi connectivity index (χ1v) is 7.65. The Bertz CT molecular complexity index is 425. The molecule has 1 aromatic rings. The molecule has 1 spiro atoms. The Labute approximate surface area is 116 Å². The summed E-state index contributed by atoms with van der Waals surface area (Å²) in [4.78, 5) is 6.97. The highest BCUT2D eigenvalue weighted by Gasteiger charge is 2.37. The van der Waals surface area contributed by atoms with Crippen LogP contribution in [0.5, 0.6) is 0 Å². The lowest BCUT2D eigenvalue weighted by molar-refractivity contribution is 0.226. The highest BCUT2D eigenvalue weighted by molar-refractivity contribution is 5.42. The fourth-order valence-corrected chi connectivity index (χ4v) is 3.73. The maximum atomic E-state index is 5.96. The van der Waals surface area contributed by atoms with Crippen LogP contribution in [-0.4, -0.2) is 18.1 Å². The Hall–Kier alpha value is -1.09. The van der Waals surface area contributed by atoms with Crippen molar-refractivity contribution < 1.29 is 0 Å². The molecule has 1 aliphatic carbocycles. The van der Waals surface area contributed by atoms with E-state index in [1.165, 1.54) is 44.1 Å². The van der Waals surface area contributed by atoms with E-state index in [0.29, 0.717) is 5.41 Å². The van der Waals surface area contributed by atoms with Crippen LogP contribution in [0, 0.1) is 5.41 Å². The molecule has 19 heavy (non-hydrogen) atoms. The molecule has 3 heteroatoms. The van der Waals surface area contributed by atoms with Gasteiger partial charge in [0.25, 0.3) is 0 Å². The molecule has 1 atom stereocenters. The maximum absolute atomic E-state index is 5.96. The maximum Gasteiger partial charge on any atom is 0.128 e. The van der Waals surface area contributed by atoms with Crippen molar-refractivity contribution in [1.29, 1.82) is 0 Å². The summed E-state index contributed by atoms with van der Waals surface area (Å²) in [7, 11) is 0. The standard InChI is InChI=1S/C16H25N3/c1-13(17)14-4-9-18-15(12-14)19-10-7-16(8-11-19)5-2-3-6-16/h4,9,12-13H,2-3,5-8,10-11,17H2,1H3/t13-/m0/s1. The molecular formula is C16H25N3. The summed E-state index contributed by atoms with van der Waals surface area (Å²) in [6, 6.07) is 4.28. The van der Waals surface area contributed by atoms with Gasteiger partial charge in [-0.25, -0.2) is 4.98 Å². The van der Waals surface area contributed by atoms with Gasteiger partial charge in [0.05, 0.1) is 0 Å².